The van der Waals surface area contributed by atoms with E-state index in [1.165, 1.54) is 0 Å². The van der Waals surface area contributed by atoms with Gasteiger partial charge in [0.15, 0.2) is 0 Å². The largest absolute Gasteiger partial charge is 0.496 e. The maximum absolute atomic E-state index is 5.90. The molecule has 0 saturated carbocycles. The van der Waals surface area contributed by atoms with Gasteiger partial charge in [-0.15, -0.1) is 0 Å². The maximum Gasteiger partial charge on any atom is 0.122 e. The Hall–Kier alpha value is -0.210. The first-order valence-corrected chi connectivity index (χ1v) is 5.58. The average molecular weight is 264 g/mol. The second-order valence-corrected chi connectivity index (χ2v) is 4.03. The van der Waals surface area contributed by atoms with Crippen molar-refractivity contribution < 1.29 is 4.74 Å². The van der Waals surface area contributed by atoms with Crippen LogP contribution in [0.3, 0.4) is 0 Å². The van der Waals surface area contributed by atoms with E-state index in [9.17, 15) is 0 Å². The number of hydrogen-bond acceptors (Lipinski definition) is 1. The molecule has 0 radical (unpaired) electrons. The van der Waals surface area contributed by atoms with Crippen LogP contribution in [0.4, 0.5) is 0 Å². The molecule has 0 heterocycles. The van der Waals surface area contributed by atoms with Crippen molar-refractivity contribution in [2.75, 3.05) is 12.4 Å². The number of benzene rings is 1. The van der Waals surface area contributed by atoms with Crippen LogP contribution in [0, 0.1) is 0 Å². The minimum Gasteiger partial charge on any atom is -0.496 e. The fourth-order valence-electron chi connectivity index (χ4n) is 1.17. The molecule has 1 rings (SSSR count). The molecule has 0 aromatic heterocycles. The highest BCUT2D eigenvalue weighted by atomic mass is 79.9. The minimum absolute atomic E-state index is 0.411. The van der Waals surface area contributed by atoms with Gasteiger partial charge >= 0.3 is 0 Å². The van der Waals surface area contributed by atoms with Crippen LogP contribution >= 0.6 is 27.5 Å². The van der Waals surface area contributed by atoms with Gasteiger partial charge in [0.1, 0.15) is 5.75 Å². The molecule has 0 amide bonds. The highest BCUT2D eigenvalue weighted by Gasteiger charge is 2.10. The summed E-state index contributed by atoms with van der Waals surface area (Å²) in [6, 6.07) is 5.69. The molecule has 1 nitrogen and oxygen atoms in total. The zero-order valence-electron chi connectivity index (χ0n) is 7.68. The molecule has 0 saturated heterocycles. The van der Waals surface area contributed by atoms with E-state index in [-0.39, 0.29) is 0 Å². The van der Waals surface area contributed by atoms with Crippen LogP contribution in [0.25, 0.3) is 0 Å². The second-order valence-electron chi connectivity index (χ2n) is 2.94. The second kappa shape index (κ2) is 4.87. The number of ether oxygens (including phenoxy) is 1. The van der Waals surface area contributed by atoms with Gasteiger partial charge in [0.2, 0.25) is 0 Å². The molecule has 1 aromatic carbocycles. The molecule has 0 N–H and O–H groups in total. The van der Waals surface area contributed by atoms with Crippen molar-refractivity contribution in [1.29, 1.82) is 0 Å². The fourth-order valence-corrected chi connectivity index (χ4v) is 1.70. The quantitative estimate of drug-likeness (QED) is 0.753. The Kier molecular flexibility index (Phi) is 4.07. The van der Waals surface area contributed by atoms with Crippen LogP contribution in [0.5, 0.6) is 5.75 Å². The monoisotopic (exact) mass is 262 g/mol. The van der Waals surface area contributed by atoms with Crippen molar-refractivity contribution >= 4 is 27.5 Å². The van der Waals surface area contributed by atoms with Gasteiger partial charge in [0.05, 0.1) is 7.11 Å². The van der Waals surface area contributed by atoms with Crippen LogP contribution in [0.1, 0.15) is 18.4 Å². The fraction of sp³-hybridized carbons (Fsp3) is 0.400. The Morgan fingerprint density at radius 1 is 1.54 bits per heavy atom. The lowest BCUT2D eigenvalue weighted by molar-refractivity contribution is 0.408. The lowest BCUT2D eigenvalue weighted by atomic mass is 10.0. The Labute approximate surface area is 92.2 Å². The van der Waals surface area contributed by atoms with Gasteiger partial charge in [-0.1, -0.05) is 34.5 Å². The predicted octanol–water partition coefficient (Wildman–Crippen LogP) is 3.85. The molecule has 0 aliphatic rings. The summed E-state index contributed by atoms with van der Waals surface area (Å²) >= 11 is 9.34. The highest BCUT2D eigenvalue weighted by molar-refractivity contribution is 9.09. The predicted molar refractivity (Wildman–Crippen MR) is 60.2 cm³/mol. The minimum atomic E-state index is 0.411. The molecule has 13 heavy (non-hydrogen) atoms. The molecule has 0 aliphatic heterocycles. The van der Waals surface area contributed by atoms with Gasteiger partial charge in [-0.25, -0.2) is 0 Å². The van der Waals surface area contributed by atoms with Crippen molar-refractivity contribution in [2.45, 2.75) is 12.8 Å². The van der Waals surface area contributed by atoms with Gasteiger partial charge in [-0.05, 0) is 29.7 Å². The van der Waals surface area contributed by atoms with Crippen LogP contribution in [0.2, 0.25) is 5.02 Å². The van der Waals surface area contributed by atoms with Gasteiger partial charge in [0, 0.05) is 10.4 Å². The van der Waals surface area contributed by atoms with Gasteiger partial charge in [0.25, 0.3) is 0 Å². The number of alkyl halides is 1. The summed E-state index contributed by atoms with van der Waals surface area (Å²) in [7, 11) is 1.67. The molecule has 1 atom stereocenters. The zero-order chi connectivity index (χ0) is 9.84. The molecule has 0 aliphatic carbocycles. The first kappa shape index (κ1) is 10.9. The third-order valence-electron chi connectivity index (χ3n) is 1.95. The van der Waals surface area contributed by atoms with Crippen molar-refractivity contribution in [1.82, 2.24) is 0 Å². The van der Waals surface area contributed by atoms with Crippen LogP contribution in [0.15, 0.2) is 18.2 Å². The number of hydrogen-bond donors (Lipinski definition) is 0. The Balaban J connectivity index is 3.07. The Bertz CT molecular complexity index is 288. The van der Waals surface area contributed by atoms with Crippen molar-refractivity contribution in [3.8, 4) is 5.75 Å². The summed E-state index contributed by atoms with van der Waals surface area (Å²) in [5.74, 6) is 1.31. The summed E-state index contributed by atoms with van der Waals surface area (Å²) in [6.07, 6.45) is 0. The van der Waals surface area contributed by atoms with E-state index in [0.717, 1.165) is 21.7 Å². The summed E-state index contributed by atoms with van der Waals surface area (Å²) in [4.78, 5) is 0. The van der Waals surface area contributed by atoms with Gasteiger partial charge in [-0.3, -0.25) is 0 Å². The SMILES string of the molecule is COc1ccc(Cl)cc1C(C)CBr. The molecule has 1 unspecified atom stereocenters. The first-order chi connectivity index (χ1) is 6.19. The van der Waals surface area contributed by atoms with Crippen molar-refractivity contribution in [3.05, 3.63) is 28.8 Å². The Morgan fingerprint density at radius 3 is 2.77 bits per heavy atom. The summed E-state index contributed by atoms with van der Waals surface area (Å²) < 4.78 is 5.24. The molecule has 0 spiro atoms. The van der Waals surface area contributed by atoms with E-state index in [1.807, 2.05) is 18.2 Å². The Morgan fingerprint density at radius 2 is 2.23 bits per heavy atom. The van der Waals surface area contributed by atoms with E-state index < -0.39 is 0 Å². The maximum atomic E-state index is 5.90. The van der Waals surface area contributed by atoms with Crippen molar-refractivity contribution in [2.24, 2.45) is 0 Å². The van der Waals surface area contributed by atoms with E-state index in [1.54, 1.807) is 7.11 Å². The molecule has 1 aromatic rings. The molecular weight excluding hydrogens is 251 g/mol. The molecule has 0 bridgehead atoms. The third kappa shape index (κ3) is 2.61. The van der Waals surface area contributed by atoms with Crippen LogP contribution in [-0.4, -0.2) is 12.4 Å². The summed E-state index contributed by atoms with van der Waals surface area (Å²) in [6.45, 7) is 2.13. The van der Waals surface area contributed by atoms with E-state index in [2.05, 4.69) is 22.9 Å². The van der Waals surface area contributed by atoms with Gasteiger partial charge < -0.3 is 4.74 Å². The van der Waals surface area contributed by atoms with E-state index in [4.69, 9.17) is 16.3 Å². The third-order valence-corrected chi connectivity index (χ3v) is 3.16. The van der Waals surface area contributed by atoms with Gasteiger partial charge in [-0.2, -0.15) is 0 Å². The summed E-state index contributed by atoms with van der Waals surface area (Å²) in [5.41, 5.74) is 1.15. The average Bonchev–Trinajstić information content (AvgIpc) is 2.16. The smallest absolute Gasteiger partial charge is 0.122 e. The number of halogens is 2. The zero-order valence-corrected chi connectivity index (χ0v) is 10.0. The summed E-state index contributed by atoms with van der Waals surface area (Å²) in [5, 5.41) is 1.66. The van der Waals surface area contributed by atoms with E-state index >= 15 is 0 Å². The lowest BCUT2D eigenvalue weighted by Gasteiger charge is -2.13. The number of rotatable bonds is 3. The molecule has 0 fully saturated rings. The molecule has 3 heteroatoms. The van der Waals surface area contributed by atoms with Crippen LogP contribution < -0.4 is 4.74 Å². The lowest BCUT2D eigenvalue weighted by Crippen LogP contribution is -1.98. The first-order valence-electron chi connectivity index (χ1n) is 4.08. The van der Waals surface area contributed by atoms with E-state index in [0.29, 0.717) is 5.92 Å². The van der Waals surface area contributed by atoms with Crippen LogP contribution in [-0.2, 0) is 0 Å². The van der Waals surface area contributed by atoms with Crippen molar-refractivity contribution in [3.63, 3.8) is 0 Å². The standard InChI is InChI=1S/C10H12BrClO/c1-7(6-11)9-5-8(12)3-4-10(9)13-2/h3-5,7H,6H2,1-2H3. The number of methoxy groups -OCH3 is 1. The molecular formula is C10H12BrClO. The molecule has 72 valence electrons. The normalized spacial score (nSPS) is 12.6. The topological polar surface area (TPSA) is 9.23 Å². The highest BCUT2D eigenvalue weighted by Crippen LogP contribution is 2.30.